The molecule has 3 heteroatoms. The molecule has 0 aliphatic heterocycles. The number of thiazole rings is 1. The lowest BCUT2D eigenvalue weighted by Crippen LogP contribution is -1.92. The summed E-state index contributed by atoms with van der Waals surface area (Å²) in [4.78, 5) is 4.67. The molecular formula is C15H14N2S. The van der Waals surface area contributed by atoms with Crippen LogP contribution in [-0.2, 0) is 6.42 Å². The van der Waals surface area contributed by atoms with Crippen molar-refractivity contribution >= 4 is 27.2 Å². The van der Waals surface area contributed by atoms with Gasteiger partial charge in [0.2, 0.25) is 0 Å². The number of nitrogens with zero attached hydrogens (tertiary/aromatic N) is 1. The van der Waals surface area contributed by atoms with E-state index >= 15 is 0 Å². The van der Waals surface area contributed by atoms with Crippen LogP contribution >= 0.6 is 11.3 Å². The predicted molar refractivity (Wildman–Crippen MR) is 78.8 cm³/mol. The average molecular weight is 254 g/mol. The molecule has 2 nitrogen and oxygen atoms in total. The summed E-state index contributed by atoms with van der Waals surface area (Å²) in [5.74, 6) is 0. The van der Waals surface area contributed by atoms with Gasteiger partial charge in [-0.25, -0.2) is 4.98 Å². The number of benzene rings is 2. The fraction of sp³-hybridized carbons (Fsp3) is 0.133. The highest BCUT2D eigenvalue weighted by Crippen LogP contribution is 2.31. The lowest BCUT2D eigenvalue weighted by Gasteiger charge is -2.04. The smallest absolute Gasteiger partial charge is 0.124 e. The number of fused-ring (bicyclic) bond motifs is 1. The standard InChI is InChI=1S/C15H14N2S/c1-2-10-9-11(7-8-12(10)16)15-17-13-5-3-4-6-14(13)18-15/h3-9H,2,16H2,1H3. The van der Waals surface area contributed by atoms with Gasteiger partial charge in [-0.3, -0.25) is 0 Å². The van der Waals surface area contributed by atoms with E-state index in [1.165, 1.54) is 10.3 Å². The Morgan fingerprint density at radius 1 is 1.17 bits per heavy atom. The van der Waals surface area contributed by atoms with Gasteiger partial charge in [0.05, 0.1) is 10.2 Å². The molecule has 2 N–H and O–H groups in total. The van der Waals surface area contributed by atoms with E-state index in [0.29, 0.717) is 0 Å². The highest BCUT2D eigenvalue weighted by molar-refractivity contribution is 7.21. The van der Waals surface area contributed by atoms with E-state index in [9.17, 15) is 0 Å². The van der Waals surface area contributed by atoms with Crippen molar-refractivity contribution in [1.82, 2.24) is 4.98 Å². The Kier molecular flexibility index (Phi) is 2.76. The number of aromatic nitrogens is 1. The van der Waals surface area contributed by atoms with Crippen LogP contribution in [0.15, 0.2) is 42.5 Å². The first-order valence-corrected chi connectivity index (χ1v) is 6.84. The van der Waals surface area contributed by atoms with Crippen molar-refractivity contribution in [3.8, 4) is 10.6 Å². The van der Waals surface area contributed by atoms with E-state index in [0.717, 1.165) is 28.2 Å². The molecule has 0 fully saturated rings. The Hall–Kier alpha value is -1.87. The Bertz CT molecular complexity index is 668. The largest absolute Gasteiger partial charge is 0.399 e. The van der Waals surface area contributed by atoms with Crippen LogP contribution in [0.5, 0.6) is 0 Å². The Labute approximate surface area is 110 Å². The zero-order chi connectivity index (χ0) is 12.5. The number of nitrogens with two attached hydrogens (primary N) is 1. The summed E-state index contributed by atoms with van der Waals surface area (Å²) >= 11 is 1.72. The first-order valence-electron chi connectivity index (χ1n) is 6.02. The summed E-state index contributed by atoms with van der Waals surface area (Å²) in [6.45, 7) is 2.12. The maximum absolute atomic E-state index is 5.94. The summed E-state index contributed by atoms with van der Waals surface area (Å²) in [6, 6.07) is 14.4. The second kappa shape index (κ2) is 4.42. The van der Waals surface area contributed by atoms with E-state index in [1.54, 1.807) is 11.3 Å². The second-order valence-electron chi connectivity index (χ2n) is 4.25. The number of nitrogen functional groups attached to an aromatic ring is 1. The van der Waals surface area contributed by atoms with Crippen molar-refractivity contribution in [3.05, 3.63) is 48.0 Å². The summed E-state index contributed by atoms with van der Waals surface area (Å²) < 4.78 is 1.22. The van der Waals surface area contributed by atoms with Gasteiger partial charge >= 0.3 is 0 Å². The molecule has 2 aromatic carbocycles. The van der Waals surface area contributed by atoms with E-state index in [-0.39, 0.29) is 0 Å². The van der Waals surface area contributed by atoms with Crippen LogP contribution < -0.4 is 5.73 Å². The third-order valence-electron chi connectivity index (χ3n) is 3.06. The quantitative estimate of drug-likeness (QED) is 0.699. The Morgan fingerprint density at radius 3 is 2.78 bits per heavy atom. The van der Waals surface area contributed by atoms with Gasteiger partial charge < -0.3 is 5.73 Å². The van der Waals surface area contributed by atoms with Crippen molar-refractivity contribution in [2.75, 3.05) is 5.73 Å². The van der Waals surface area contributed by atoms with Gasteiger partial charge in [0.15, 0.2) is 0 Å². The van der Waals surface area contributed by atoms with E-state index in [4.69, 9.17) is 5.73 Å². The van der Waals surface area contributed by atoms with Gasteiger partial charge in [-0.2, -0.15) is 0 Å². The van der Waals surface area contributed by atoms with Crippen molar-refractivity contribution in [2.24, 2.45) is 0 Å². The van der Waals surface area contributed by atoms with Gasteiger partial charge in [0.25, 0.3) is 0 Å². The van der Waals surface area contributed by atoms with Crippen molar-refractivity contribution in [1.29, 1.82) is 0 Å². The normalized spacial score (nSPS) is 10.9. The third-order valence-corrected chi connectivity index (χ3v) is 4.15. The van der Waals surface area contributed by atoms with Crippen LogP contribution in [0.1, 0.15) is 12.5 Å². The maximum Gasteiger partial charge on any atom is 0.124 e. The third kappa shape index (κ3) is 1.87. The first kappa shape index (κ1) is 11.2. The summed E-state index contributed by atoms with van der Waals surface area (Å²) in [7, 11) is 0. The van der Waals surface area contributed by atoms with Gasteiger partial charge in [-0.15, -0.1) is 11.3 Å². The Morgan fingerprint density at radius 2 is 2.00 bits per heavy atom. The molecule has 0 bridgehead atoms. The number of anilines is 1. The molecule has 0 aliphatic rings. The molecule has 18 heavy (non-hydrogen) atoms. The molecule has 0 amide bonds. The van der Waals surface area contributed by atoms with Crippen LogP contribution in [0.2, 0.25) is 0 Å². The number of rotatable bonds is 2. The topological polar surface area (TPSA) is 38.9 Å². The Balaban J connectivity index is 2.13. The fourth-order valence-corrected chi connectivity index (χ4v) is 3.00. The lowest BCUT2D eigenvalue weighted by atomic mass is 10.1. The summed E-state index contributed by atoms with van der Waals surface area (Å²) in [5, 5.41) is 1.06. The minimum absolute atomic E-state index is 0.863. The SMILES string of the molecule is CCc1cc(-c2nc3ccccc3s2)ccc1N. The van der Waals surface area contributed by atoms with Crippen LogP contribution in [0.25, 0.3) is 20.8 Å². The molecule has 1 aromatic heterocycles. The van der Waals surface area contributed by atoms with Gasteiger partial charge in [-0.1, -0.05) is 19.1 Å². The number of hydrogen-bond acceptors (Lipinski definition) is 3. The summed E-state index contributed by atoms with van der Waals surface area (Å²) in [5.41, 5.74) is 10.2. The van der Waals surface area contributed by atoms with Gasteiger partial charge in [0, 0.05) is 11.3 Å². The van der Waals surface area contributed by atoms with Gasteiger partial charge in [-0.05, 0) is 42.3 Å². The minimum Gasteiger partial charge on any atom is -0.399 e. The fourth-order valence-electron chi connectivity index (χ4n) is 2.04. The zero-order valence-electron chi connectivity index (χ0n) is 10.2. The second-order valence-corrected chi connectivity index (χ2v) is 5.28. The van der Waals surface area contributed by atoms with E-state index in [2.05, 4.69) is 24.0 Å². The maximum atomic E-state index is 5.94. The van der Waals surface area contributed by atoms with E-state index < -0.39 is 0 Å². The number of aryl methyl sites for hydroxylation is 1. The van der Waals surface area contributed by atoms with Crippen molar-refractivity contribution in [2.45, 2.75) is 13.3 Å². The molecule has 0 saturated heterocycles. The highest BCUT2D eigenvalue weighted by Gasteiger charge is 2.07. The van der Waals surface area contributed by atoms with Crippen LogP contribution in [0, 0.1) is 0 Å². The molecule has 0 radical (unpaired) electrons. The molecule has 0 aliphatic carbocycles. The van der Waals surface area contributed by atoms with Gasteiger partial charge in [0.1, 0.15) is 5.01 Å². The van der Waals surface area contributed by atoms with Crippen LogP contribution in [-0.4, -0.2) is 4.98 Å². The molecule has 90 valence electrons. The molecule has 3 aromatic rings. The predicted octanol–water partition coefficient (Wildman–Crippen LogP) is 4.11. The van der Waals surface area contributed by atoms with Crippen LogP contribution in [0.3, 0.4) is 0 Å². The minimum atomic E-state index is 0.863. The molecule has 0 spiro atoms. The number of hydrogen-bond donors (Lipinski definition) is 1. The van der Waals surface area contributed by atoms with Crippen LogP contribution in [0.4, 0.5) is 5.69 Å². The summed E-state index contributed by atoms with van der Waals surface area (Å²) in [6.07, 6.45) is 0.949. The molecule has 0 unspecified atom stereocenters. The molecule has 1 heterocycles. The monoisotopic (exact) mass is 254 g/mol. The van der Waals surface area contributed by atoms with E-state index in [1.807, 2.05) is 30.3 Å². The molecule has 0 saturated carbocycles. The van der Waals surface area contributed by atoms with Crippen molar-refractivity contribution in [3.63, 3.8) is 0 Å². The first-order chi connectivity index (χ1) is 8.78. The lowest BCUT2D eigenvalue weighted by molar-refractivity contribution is 1.14. The molecule has 0 atom stereocenters. The molecule has 3 rings (SSSR count). The molecular weight excluding hydrogens is 240 g/mol. The zero-order valence-corrected chi connectivity index (χ0v) is 11.0. The number of para-hydroxylation sites is 1. The van der Waals surface area contributed by atoms with Crippen molar-refractivity contribution < 1.29 is 0 Å². The highest BCUT2D eigenvalue weighted by atomic mass is 32.1. The average Bonchev–Trinajstić information content (AvgIpc) is 2.83.